The van der Waals surface area contributed by atoms with Crippen LogP contribution in [0.15, 0.2) is 145 Å². The SMILES string of the molecule is O=C(NNCCc1ccc(Cl)cc1)[C@@]1(C/C=C/c2ccccc2)N=C(c2ccc(OCCCO)cc2)O[C@H]1c1ccc(-c2ccccc2)cc1. The average molecular weight is 686 g/mol. The Morgan fingerprint density at radius 2 is 1.50 bits per heavy atom. The monoisotopic (exact) mass is 685 g/mol. The third-order valence-corrected chi connectivity index (χ3v) is 8.80. The minimum atomic E-state index is -1.33. The molecule has 1 amide bonds. The van der Waals surface area contributed by atoms with Crippen molar-refractivity contribution in [3.05, 3.63) is 167 Å². The molecule has 0 saturated heterocycles. The van der Waals surface area contributed by atoms with Gasteiger partial charge < -0.3 is 14.6 Å². The number of nitrogens with zero attached hydrogens (tertiary/aromatic N) is 1. The zero-order valence-corrected chi connectivity index (χ0v) is 28.4. The standard InChI is InChI=1S/C42H40ClN3O4/c43-37-22-14-32(15-23-37)26-28-44-46-41(48)42(27-7-11-31-9-3-1-4-10-31)39(35-18-16-34(17-19-35)33-12-5-2-6-13-33)50-40(45-42)36-20-24-38(25-21-36)49-30-8-29-47/h1-7,9-25,39,44,47H,8,26-30H2,(H,46,48)/b11-7+/t39-,42-/m0/s1. The van der Waals surface area contributed by atoms with E-state index < -0.39 is 11.6 Å². The van der Waals surface area contributed by atoms with Gasteiger partial charge in [0, 0.05) is 36.6 Å². The van der Waals surface area contributed by atoms with Crippen LogP contribution in [0.25, 0.3) is 17.2 Å². The van der Waals surface area contributed by atoms with Crippen LogP contribution in [-0.2, 0) is 16.0 Å². The molecule has 0 unspecified atom stereocenters. The molecular weight excluding hydrogens is 646 g/mol. The van der Waals surface area contributed by atoms with Gasteiger partial charge in [0.05, 0.1) is 6.61 Å². The molecule has 1 heterocycles. The third kappa shape index (κ3) is 8.68. The molecule has 0 bridgehead atoms. The number of halogens is 1. The van der Waals surface area contributed by atoms with Crippen LogP contribution in [-0.4, -0.2) is 42.2 Å². The van der Waals surface area contributed by atoms with E-state index in [0.29, 0.717) is 42.7 Å². The first-order valence-electron chi connectivity index (χ1n) is 16.8. The van der Waals surface area contributed by atoms with E-state index >= 15 is 0 Å². The molecule has 0 fully saturated rings. The van der Waals surface area contributed by atoms with Crippen LogP contribution in [0.3, 0.4) is 0 Å². The molecule has 7 nitrogen and oxygen atoms in total. The summed E-state index contributed by atoms with van der Waals surface area (Å²) in [5.74, 6) is 0.740. The molecule has 1 aliphatic heterocycles. The van der Waals surface area contributed by atoms with Crippen molar-refractivity contribution in [3.8, 4) is 16.9 Å². The van der Waals surface area contributed by atoms with Gasteiger partial charge in [-0.25, -0.2) is 10.4 Å². The number of aliphatic hydroxyl groups is 1. The Hall–Kier alpha value is -5.21. The van der Waals surface area contributed by atoms with Crippen molar-refractivity contribution in [3.63, 3.8) is 0 Å². The smallest absolute Gasteiger partial charge is 0.266 e. The number of aliphatic imine (C=N–C) groups is 1. The lowest BCUT2D eigenvalue weighted by molar-refractivity contribution is -0.129. The largest absolute Gasteiger partial charge is 0.494 e. The van der Waals surface area contributed by atoms with Gasteiger partial charge >= 0.3 is 0 Å². The van der Waals surface area contributed by atoms with E-state index in [-0.39, 0.29) is 18.9 Å². The molecule has 50 heavy (non-hydrogen) atoms. The highest BCUT2D eigenvalue weighted by molar-refractivity contribution is 6.30. The molecule has 0 saturated carbocycles. The molecule has 254 valence electrons. The minimum absolute atomic E-state index is 0.0648. The number of nitrogens with one attached hydrogen (secondary N) is 2. The quantitative estimate of drug-likeness (QED) is 0.0768. The predicted molar refractivity (Wildman–Crippen MR) is 200 cm³/mol. The molecule has 0 spiro atoms. The molecule has 3 N–H and O–H groups in total. The maximum Gasteiger partial charge on any atom is 0.266 e. The fraction of sp³-hybridized carbons (Fsp3) is 0.190. The number of benzene rings is 5. The van der Waals surface area contributed by atoms with Gasteiger partial charge in [0.15, 0.2) is 11.6 Å². The van der Waals surface area contributed by atoms with Crippen LogP contribution in [0.4, 0.5) is 0 Å². The summed E-state index contributed by atoms with van der Waals surface area (Å²) < 4.78 is 12.4. The Morgan fingerprint density at radius 3 is 2.20 bits per heavy atom. The molecule has 5 aromatic rings. The zero-order chi connectivity index (χ0) is 34.6. The number of rotatable bonds is 15. The van der Waals surface area contributed by atoms with E-state index in [1.807, 2.05) is 121 Å². The second-order valence-corrected chi connectivity index (χ2v) is 12.5. The summed E-state index contributed by atoms with van der Waals surface area (Å²) in [6.45, 7) is 0.987. The number of carbonyl (C=O) groups is 1. The van der Waals surface area contributed by atoms with Crippen molar-refractivity contribution in [2.75, 3.05) is 19.8 Å². The highest BCUT2D eigenvalue weighted by Crippen LogP contribution is 2.43. The van der Waals surface area contributed by atoms with Crippen LogP contribution in [0.1, 0.15) is 41.2 Å². The van der Waals surface area contributed by atoms with Gasteiger partial charge in [-0.15, -0.1) is 0 Å². The summed E-state index contributed by atoms with van der Waals surface area (Å²) in [6.07, 6.45) is 4.79. The molecule has 5 aromatic carbocycles. The molecule has 8 heteroatoms. The number of carbonyl (C=O) groups excluding carboxylic acids is 1. The lowest BCUT2D eigenvalue weighted by atomic mass is 9.84. The summed E-state index contributed by atoms with van der Waals surface area (Å²) >= 11 is 6.06. The molecule has 0 aromatic heterocycles. The first-order valence-corrected chi connectivity index (χ1v) is 17.2. The first kappa shape index (κ1) is 34.6. The lowest BCUT2D eigenvalue weighted by Crippen LogP contribution is -2.52. The Bertz CT molecular complexity index is 1880. The van der Waals surface area contributed by atoms with E-state index in [4.69, 9.17) is 31.2 Å². The minimum Gasteiger partial charge on any atom is -0.494 e. The van der Waals surface area contributed by atoms with Crippen LogP contribution in [0, 0.1) is 0 Å². The summed E-state index contributed by atoms with van der Waals surface area (Å²) in [5, 5.41) is 9.80. The normalized spacial score (nSPS) is 16.9. The fourth-order valence-corrected chi connectivity index (χ4v) is 5.97. The second-order valence-electron chi connectivity index (χ2n) is 12.1. The van der Waals surface area contributed by atoms with Gasteiger partial charge in [-0.1, -0.05) is 121 Å². The number of ether oxygens (including phenoxy) is 2. The van der Waals surface area contributed by atoms with Crippen LogP contribution in [0.5, 0.6) is 5.75 Å². The Balaban J connectivity index is 1.32. The van der Waals surface area contributed by atoms with E-state index in [0.717, 1.165) is 33.4 Å². The number of hydrazine groups is 1. The zero-order valence-electron chi connectivity index (χ0n) is 27.7. The number of hydrogen-bond acceptors (Lipinski definition) is 6. The lowest BCUT2D eigenvalue weighted by Gasteiger charge is -2.30. The Labute approximate surface area is 298 Å². The first-order chi connectivity index (χ1) is 24.5. The molecule has 6 rings (SSSR count). The number of amides is 1. The van der Waals surface area contributed by atoms with E-state index in [2.05, 4.69) is 35.1 Å². The highest BCUT2D eigenvalue weighted by Gasteiger charge is 2.52. The maximum atomic E-state index is 14.5. The van der Waals surface area contributed by atoms with Crippen molar-refractivity contribution in [1.82, 2.24) is 10.9 Å². The van der Waals surface area contributed by atoms with E-state index in [1.165, 1.54) is 0 Å². The van der Waals surface area contributed by atoms with Crippen LogP contribution < -0.4 is 15.6 Å². The van der Waals surface area contributed by atoms with Gasteiger partial charge in [-0.05, 0) is 70.6 Å². The van der Waals surface area contributed by atoms with Gasteiger partial charge in [0.25, 0.3) is 5.91 Å². The third-order valence-electron chi connectivity index (χ3n) is 8.54. The fourth-order valence-electron chi connectivity index (χ4n) is 5.84. The van der Waals surface area contributed by atoms with Crippen molar-refractivity contribution in [2.45, 2.75) is 30.9 Å². The van der Waals surface area contributed by atoms with Gasteiger partial charge in [0.2, 0.25) is 5.90 Å². The molecule has 1 aliphatic rings. The van der Waals surface area contributed by atoms with Crippen LogP contribution >= 0.6 is 11.6 Å². The molecule has 2 atom stereocenters. The van der Waals surface area contributed by atoms with E-state index in [9.17, 15) is 4.79 Å². The highest BCUT2D eigenvalue weighted by atomic mass is 35.5. The Kier molecular flexibility index (Phi) is 11.7. The number of hydrogen-bond donors (Lipinski definition) is 3. The molecule has 0 radical (unpaired) electrons. The number of aliphatic hydroxyl groups excluding tert-OH is 1. The molecular formula is C42H40ClN3O4. The predicted octanol–water partition coefficient (Wildman–Crippen LogP) is 7.99. The average Bonchev–Trinajstić information content (AvgIpc) is 3.56. The van der Waals surface area contributed by atoms with Crippen molar-refractivity contribution < 1.29 is 19.4 Å². The Morgan fingerprint density at radius 1 is 0.840 bits per heavy atom. The van der Waals surface area contributed by atoms with Crippen molar-refractivity contribution in [2.24, 2.45) is 4.99 Å². The van der Waals surface area contributed by atoms with E-state index in [1.54, 1.807) is 0 Å². The van der Waals surface area contributed by atoms with Crippen molar-refractivity contribution >= 4 is 29.5 Å². The van der Waals surface area contributed by atoms with Gasteiger partial charge in [-0.2, -0.15) is 0 Å². The second kappa shape index (κ2) is 16.9. The van der Waals surface area contributed by atoms with Gasteiger partial charge in [-0.3, -0.25) is 10.2 Å². The van der Waals surface area contributed by atoms with Crippen molar-refractivity contribution in [1.29, 1.82) is 0 Å². The van der Waals surface area contributed by atoms with Gasteiger partial charge in [0.1, 0.15) is 5.75 Å². The summed E-state index contributed by atoms with van der Waals surface area (Å²) in [4.78, 5) is 19.6. The topological polar surface area (TPSA) is 92.2 Å². The van der Waals surface area contributed by atoms with Crippen LogP contribution in [0.2, 0.25) is 5.02 Å². The summed E-state index contributed by atoms with van der Waals surface area (Å²) in [5.41, 5.74) is 10.6. The summed E-state index contributed by atoms with van der Waals surface area (Å²) in [7, 11) is 0. The molecule has 0 aliphatic carbocycles. The summed E-state index contributed by atoms with van der Waals surface area (Å²) in [6, 6.07) is 43.4. The maximum absolute atomic E-state index is 14.5.